The number of anilines is 2. The molecule has 0 saturated heterocycles. The number of hydrogen-bond donors (Lipinski definition) is 3. The van der Waals surface area contributed by atoms with Gasteiger partial charge in [-0.05, 0) is 43.3 Å². The fourth-order valence-electron chi connectivity index (χ4n) is 2.04. The highest BCUT2D eigenvalue weighted by atomic mass is 32.1. The van der Waals surface area contributed by atoms with Gasteiger partial charge in [0.2, 0.25) is 11.8 Å². The summed E-state index contributed by atoms with van der Waals surface area (Å²) >= 11 is 6.53. The lowest BCUT2D eigenvalue weighted by Gasteiger charge is -2.08. The van der Waals surface area contributed by atoms with Gasteiger partial charge in [-0.3, -0.25) is 9.59 Å². The molecule has 0 bridgehead atoms. The van der Waals surface area contributed by atoms with E-state index in [1.54, 1.807) is 0 Å². The van der Waals surface area contributed by atoms with Crippen molar-refractivity contribution in [3.05, 3.63) is 18.2 Å². The van der Waals surface area contributed by atoms with Gasteiger partial charge in [0.15, 0.2) is 10.2 Å². The van der Waals surface area contributed by atoms with E-state index >= 15 is 0 Å². The molecule has 0 aliphatic carbocycles. The summed E-state index contributed by atoms with van der Waals surface area (Å²) in [5.41, 5.74) is 1.57. The van der Waals surface area contributed by atoms with Crippen LogP contribution in [0.15, 0.2) is 18.2 Å². The summed E-state index contributed by atoms with van der Waals surface area (Å²) in [4.78, 5) is 27.6. The van der Waals surface area contributed by atoms with Crippen LogP contribution in [0.2, 0.25) is 0 Å². The molecule has 128 valence electrons. The molecule has 0 radical (unpaired) electrons. The molecule has 0 spiro atoms. The van der Waals surface area contributed by atoms with E-state index < -0.39 is 0 Å². The number of thiazole rings is 1. The van der Waals surface area contributed by atoms with Crippen LogP contribution in [-0.2, 0) is 9.59 Å². The lowest BCUT2D eigenvalue weighted by Crippen LogP contribution is -2.33. The third-order valence-electron chi connectivity index (χ3n) is 3.10. The summed E-state index contributed by atoms with van der Waals surface area (Å²) in [5.74, 6) is -0.135. The Balaban J connectivity index is 2.04. The molecule has 2 rings (SSSR count). The fourth-order valence-corrected chi connectivity index (χ4v) is 3.20. The summed E-state index contributed by atoms with van der Waals surface area (Å²) in [7, 11) is 0. The first kappa shape index (κ1) is 18.3. The number of carbonyl (C=O) groups is 2. The fraction of sp³-hybridized carbons (Fsp3) is 0.375. The standard InChI is InChI=1S/C16H20N4O2S2/c1-3-5-13(21)19-15(23)17-10-7-8-11-12(9-10)24-16(18-11)20-14(22)6-4-2/h7-9H,3-6H2,1-2H3,(H,18,20,22)(H2,17,19,21,23). The van der Waals surface area contributed by atoms with Gasteiger partial charge < -0.3 is 16.0 Å². The molecule has 0 aliphatic rings. The number of fused-ring (bicyclic) bond motifs is 1. The van der Waals surface area contributed by atoms with Crippen LogP contribution in [0.25, 0.3) is 10.2 Å². The van der Waals surface area contributed by atoms with E-state index in [2.05, 4.69) is 20.9 Å². The van der Waals surface area contributed by atoms with Gasteiger partial charge in [0.25, 0.3) is 0 Å². The molecule has 24 heavy (non-hydrogen) atoms. The Morgan fingerprint density at radius 2 is 1.83 bits per heavy atom. The van der Waals surface area contributed by atoms with Gasteiger partial charge >= 0.3 is 0 Å². The summed E-state index contributed by atoms with van der Waals surface area (Å²) in [6.45, 7) is 3.89. The summed E-state index contributed by atoms with van der Waals surface area (Å²) in [5, 5.41) is 9.27. The minimum Gasteiger partial charge on any atom is -0.332 e. The minimum absolute atomic E-state index is 0.0327. The normalized spacial score (nSPS) is 10.4. The van der Waals surface area contributed by atoms with Crippen molar-refractivity contribution in [1.29, 1.82) is 0 Å². The maximum absolute atomic E-state index is 11.6. The van der Waals surface area contributed by atoms with E-state index in [1.165, 1.54) is 11.3 Å². The van der Waals surface area contributed by atoms with E-state index in [0.717, 1.165) is 28.7 Å². The SMILES string of the molecule is CCCC(=O)NC(=S)Nc1ccc2nc(NC(=O)CCC)sc2c1. The van der Waals surface area contributed by atoms with Crippen LogP contribution in [0.4, 0.5) is 10.8 Å². The van der Waals surface area contributed by atoms with Crippen molar-refractivity contribution < 1.29 is 9.59 Å². The van der Waals surface area contributed by atoms with Gasteiger partial charge in [-0.1, -0.05) is 25.2 Å². The molecule has 0 aliphatic heterocycles. The number of nitrogens with one attached hydrogen (secondary N) is 3. The van der Waals surface area contributed by atoms with Crippen LogP contribution >= 0.6 is 23.6 Å². The lowest BCUT2D eigenvalue weighted by molar-refractivity contribution is -0.119. The molecular formula is C16H20N4O2S2. The molecule has 8 heteroatoms. The Bertz CT molecular complexity index is 758. The predicted molar refractivity (Wildman–Crippen MR) is 102 cm³/mol. The van der Waals surface area contributed by atoms with Crippen molar-refractivity contribution in [2.75, 3.05) is 10.6 Å². The average molecular weight is 364 g/mol. The first-order valence-corrected chi connectivity index (χ1v) is 9.05. The topological polar surface area (TPSA) is 83.1 Å². The molecule has 1 aromatic carbocycles. The zero-order valence-corrected chi connectivity index (χ0v) is 15.3. The molecule has 2 amide bonds. The maximum Gasteiger partial charge on any atom is 0.226 e. The van der Waals surface area contributed by atoms with Gasteiger partial charge in [-0.2, -0.15) is 0 Å². The summed E-state index contributed by atoms with van der Waals surface area (Å²) in [6, 6.07) is 5.57. The molecule has 0 fully saturated rings. The van der Waals surface area contributed by atoms with Gasteiger partial charge in [0.1, 0.15) is 0 Å². The minimum atomic E-state index is -0.102. The Morgan fingerprint density at radius 3 is 2.54 bits per heavy atom. The highest BCUT2D eigenvalue weighted by Gasteiger charge is 2.09. The van der Waals surface area contributed by atoms with Crippen molar-refractivity contribution in [1.82, 2.24) is 10.3 Å². The van der Waals surface area contributed by atoms with Gasteiger partial charge in [0, 0.05) is 18.5 Å². The van der Waals surface area contributed by atoms with Crippen molar-refractivity contribution in [2.24, 2.45) is 0 Å². The monoisotopic (exact) mass is 364 g/mol. The zero-order valence-electron chi connectivity index (χ0n) is 13.6. The maximum atomic E-state index is 11.6. The molecule has 2 aromatic rings. The lowest BCUT2D eigenvalue weighted by atomic mass is 10.3. The molecular weight excluding hydrogens is 344 g/mol. The quantitative estimate of drug-likeness (QED) is 0.682. The second-order valence-corrected chi connectivity index (χ2v) is 6.69. The van der Waals surface area contributed by atoms with Crippen molar-refractivity contribution >= 4 is 61.5 Å². The number of rotatable bonds is 6. The van der Waals surface area contributed by atoms with Gasteiger partial charge in [-0.15, -0.1) is 0 Å². The van der Waals surface area contributed by atoms with E-state index in [0.29, 0.717) is 18.0 Å². The average Bonchev–Trinajstić information content (AvgIpc) is 2.88. The number of nitrogens with zero attached hydrogens (tertiary/aromatic N) is 1. The van der Waals surface area contributed by atoms with Crippen molar-refractivity contribution in [2.45, 2.75) is 39.5 Å². The number of benzene rings is 1. The second-order valence-electron chi connectivity index (χ2n) is 5.25. The zero-order chi connectivity index (χ0) is 17.5. The van der Waals surface area contributed by atoms with Gasteiger partial charge in [-0.25, -0.2) is 4.98 Å². The third kappa shape index (κ3) is 5.24. The van der Waals surface area contributed by atoms with Crippen molar-refractivity contribution in [3.63, 3.8) is 0 Å². The van der Waals surface area contributed by atoms with Crippen LogP contribution in [0.5, 0.6) is 0 Å². The summed E-state index contributed by atoms with van der Waals surface area (Å²) in [6.07, 6.45) is 2.49. The smallest absolute Gasteiger partial charge is 0.226 e. The van der Waals surface area contributed by atoms with E-state index in [1.807, 2.05) is 32.0 Å². The van der Waals surface area contributed by atoms with E-state index in [9.17, 15) is 9.59 Å². The summed E-state index contributed by atoms with van der Waals surface area (Å²) < 4.78 is 0.925. The van der Waals surface area contributed by atoms with Crippen molar-refractivity contribution in [3.8, 4) is 0 Å². The predicted octanol–water partition coefficient (Wildman–Crippen LogP) is 3.65. The molecule has 0 unspecified atom stereocenters. The van der Waals surface area contributed by atoms with Crippen LogP contribution in [0.3, 0.4) is 0 Å². The van der Waals surface area contributed by atoms with E-state index in [4.69, 9.17) is 12.2 Å². The first-order chi connectivity index (χ1) is 11.5. The van der Waals surface area contributed by atoms with Crippen LogP contribution in [0.1, 0.15) is 39.5 Å². The number of thiocarbonyl (C=S) groups is 1. The Morgan fingerprint density at radius 1 is 1.12 bits per heavy atom. The Labute approximate surface area is 150 Å². The molecule has 3 N–H and O–H groups in total. The second kappa shape index (κ2) is 8.70. The highest BCUT2D eigenvalue weighted by molar-refractivity contribution is 7.80. The molecule has 6 nitrogen and oxygen atoms in total. The molecule has 0 atom stereocenters. The van der Waals surface area contributed by atoms with Crippen LogP contribution in [-0.4, -0.2) is 21.9 Å². The Hall–Kier alpha value is -2.06. The van der Waals surface area contributed by atoms with E-state index in [-0.39, 0.29) is 16.9 Å². The van der Waals surface area contributed by atoms with Crippen LogP contribution in [0, 0.1) is 0 Å². The van der Waals surface area contributed by atoms with Gasteiger partial charge in [0.05, 0.1) is 10.2 Å². The number of amides is 2. The Kier molecular flexibility index (Phi) is 6.62. The molecule has 1 heterocycles. The first-order valence-electron chi connectivity index (χ1n) is 7.83. The number of aromatic nitrogens is 1. The van der Waals surface area contributed by atoms with Crippen LogP contribution < -0.4 is 16.0 Å². The number of carbonyl (C=O) groups excluding carboxylic acids is 2. The largest absolute Gasteiger partial charge is 0.332 e. The highest BCUT2D eigenvalue weighted by Crippen LogP contribution is 2.28. The third-order valence-corrected chi connectivity index (χ3v) is 4.24. The number of hydrogen-bond acceptors (Lipinski definition) is 5. The molecule has 0 saturated carbocycles. The molecule has 1 aromatic heterocycles.